The van der Waals surface area contributed by atoms with Crippen LogP contribution in [0, 0.1) is 5.92 Å². The third kappa shape index (κ3) is 3.53. The highest BCUT2D eigenvalue weighted by atomic mass is 16.5. The molecule has 1 amide bonds. The highest BCUT2D eigenvalue weighted by Crippen LogP contribution is 2.26. The van der Waals surface area contributed by atoms with Crippen molar-refractivity contribution in [3.63, 3.8) is 0 Å². The molecule has 1 aliphatic carbocycles. The Balaban J connectivity index is 2.29. The molecule has 0 aliphatic heterocycles. The highest BCUT2D eigenvalue weighted by Gasteiger charge is 2.25. The van der Waals surface area contributed by atoms with Gasteiger partial charge >= 0.3 is 5.97 Å². The molecule has 1 saturated carbocycles. The molecule has 0 bridgehead atoms. The Morgan fingerprint density at radius 1 is 1.33 bits per heavy atom. The molecule has 0 atom stereocenters. The van der Waals surface area contributed by atoms with Crippen molar-refractivity contribution in [3.8, 4) is 0 Å². The molecule has 1 aliphatic rings. The van der Waals surface area contributed by atoms with Gasteiger partial charge in [0.2, 0.25) is 5.91 Å². The standard InChI is InChI=1S/C11H19NO3/c1-12(8-7-10(13)15-2)11(14)9-5-3-4-6-9/h9H,3-8H2,1-2H3. The Labute approximate surface area is 90.6 Å². The maximum Gasteiger partial charge on any atom is 0.307 e. The topological polar surface area (TPSA) is 46.6 Å². The molecule has 86 valence electrons. The first-order chi connectivity index (χ1) is 7.15. The Hall–Kier alpha value is -1.06. The van der Waals surface area contributed by atoms with Crippen molar-refractivity contribution in [2.75, 3.05) is 20.7 Å². The van der Waals surface area contributed by atoms with Crippen LogP contribution in [0.5, 0.6) is 0 Å². The molecule has 1 fully saturated rings. The van der Waals surface area contributed by atoms with Gasteiger partial charge in [0.15, 0.2) is 0 Å². The van der Waals surface area contributed by atoms with Gasteiger partial charge in [-0.15, -0.1) is 0 Å². The normalized spacial score (nSPS) is 16.4. The van der Waals surface area contributed by atoms with Gasteiger partial charge in [-0.2, -0.15) is 0 Å². The third-order valence-electron chi connectivity index (χ3n) is 2.96. The summed E-state index contributed by atoms with van der Waals surface area (Å²) in [5.41, 5.74) is 0. The van der Waals surface area contributed by atoms with Crippen molar-refractivity contribution in [2.24, 2.45) is 5.92 Å². The SMILES string of the molecule is COC(=O)CCN(C)C(=O)C1CCCC1. The summed E-state index contributed by atoms with van der Waals surface area (Å²) in [5.74, 6) is 0.102. The van der Waals surface area contributed by atoms with E-state index in [0.29, 0.717) is 6.54 Å². The summed E-state index contributed by atoms with van der Waals surface area (Å²) in [5, 5.41) is 0. The van der Waals surface area contributed by atoms with Gasteiger partial charge in [-0.3, -0.25) is 9.59 Å². The zero-order valence-electron chi connectivity index (χ0n) is 9.49. The lowest BCUT2D eigenvalue weighted by Gasteiger charge is -2.20. The van der Waals surface area contributed by atoms with Crippen molar-refractivity contribution >= 4 is 11.9 Å². The van der Waals surface area contributed by atoms with Gasteiger partial charge in [0.05, 0.1) is 13.5 Å². The van der Waals surface area contributed by atoms with Crippen molar-refractivity contribution in [1.82, 2.24) is 4.90 Å². The first-order valence-electron chi connectivity index (χ1n) is 5.47. The van der Waals surface area contributed by atoms with Gasteiger partial charge in [-0.25, -0.2) is 0 Å². The fourth-order valence-electron chi connectivity index (χ4n) is 1.96. The molecule has 0 radical (unpaired) electrons. The Morgan fingerprint density at radius 3 is 2.47 bits per heavy atom. The number of amides is 1. The fraction of sp³-hybridized carbons (Fsp3) is 0.818. The van der Waals surface area contributed by atoms with E-state index >= 15 is 0 Å². The Bertz CT molecular complexity index is 234. The summed E-state index contributed by atoms with van der Waals surface area (Å²) in [7, 11) is 3.12. The van der Waals surface area contributed by atoms with Crippen LogP contribution in [0.2, 0.25) is 0 Å². The summed E-state index contributed by atoms with van der Waals surface area (Å²) < 4.78 is 4.53. The summed E-state index contributed by atoms with van der Waals surface area (Å²) in [4.78, 5) is 24.4. The van der Waals surface area contributed by atoms with Gasteiger partial charge < -0.3 is 9.64 Å². The summed E-state index contributed by atoms with van der Waals surface area (Å²) in [6.45, 7) is 0.460. The minimum absolute atomic E-state index is 0.177. The number of carbonyl (C=O) groups is 2. The Morgan fingerprint density at radius 2 is 1.93 bits per heavy atom. The van der Waals surface area contributed by atoms with E-state index in [1.165, 1.54) is 7.11 Å². The van der Waals surface area contributed by atoms with E-state index < -0.39 is 0 Å². The molecule has 0 spiro atoms. The van der Waals surface area contributed by atoms with E-state index in [0.717, 1.165) is 25.7 Å². The van der Waals surface area contributed by atoms with Crippen molar-refractivity contribution in [3.05, 3.63) is 0 Å². The summed E-state index contributed by atoms with van der Waals surface area (Å²) in [6, 6.07) is 0. The molecule has 0 unspecified atom stereocenters. The number of hydrogen-bond acceptors (Lipinski definition) is 3. The number of carbonyl (C=O) groups excluding carboxylic acids is 2. The van der Waals surface area contributed by atoms with Crippen LogP contribution in [0.3, 0.4) is 0 Å². The average molecular weight is 213 g/mol. The predicted octanol–water partition coefficient (Wildman–Crippen LogP) is 1.20. The minimum atomic E-state index is -0.263. The fourth-order valence-corrected chi connectivity index (χ4v) is 1.96. The van der Waals surface area contributed by atoms with Gasteiger partial charge in [-0.05, 0) is 12.8 Å². The van der Waals surface area contributed by atoms with E-state index in [1.807, 2.05) is 0 Å². The highest BCUT2D eigenvalue weighted by molar-refractivity contribution is 5.79. The second-order valence-corrected chi connectivity index (χ2v) is 4.07. The van der Waals surface area contributed by atoms with E-state index in [-0.39, 0.29) is 24.2 Å². The second-order valence-electron chi connectivity index (χ2n) is 4.07. The molecule has 0 aromatic carbocycles. The lowest BCUT2D eigenvalue weighted by molar-refractivity contribution is -0.142. The molecule has 0 aromatic heterocycles. The van der Waals surface area contributed by atoms with E-state index in [4.69, 9.17) is 0 Å². The van der Waals surface area contributed by atoms with Crippen LogP contribution in [-0.4, -0.2) is 37.5 Å². The number of nitrogens with zero attached hydrogens (tertiary/aromatic N) is 1. The quantitative estimate of drug-likeness (QED) is 0.659. The number of rotatable bonds is 4. The molecule has 0 saturated heterocycles. The second kappa shape index (κ2) is 5.73. The van der Waals surface area contributed by atoms with Crippen LogP contribution in [0.15, 0.2) is 0 Å². The minimum Gasteiger partial charge on any atom is -0.469 e. The zero-order chi connectivity index (χ0) is 11.3. The first kappa shape index (κ1) is 12.0. The maximum absolute atomic E-state index is 11.8. The number of ether oxygens (including phenoxy) is 1. The van der Waals surface area contributed by atoms with E-state index in [2.05, 4.69) is 4.74 Å². The van der Waals surface area contributed by atoms with Crippen LogP contribution in [0.1, 0.15) is 32.1 Å². The number of esters is 1. The molecule has 15 heavy (non-hydrogen) atoms. The summed E-state index contributed by atoms with van der Waals surface area (Å²) in [6.07, 6.45) is 4.59. The van der Waals surface area contributed by atoms with E-state index in [1.54, 1.807) is 11.9 Å². The molecule has 1 rings (SSSR count). The largest absolute Gasteiger partial charge is 0.469 e. The smallest absolute Gasteiger partial charge is 0.307 e. The molecule has 4 nitrogen and oxygen atoms in total. The van der Waals surface area contributed by atoms with Crippen LogP contribution in [0.25, 0.3) is 0 Å². The van der Waals surface area contributed by atoms with Crippen LogP contribution in [-0.2, 0) is 14.3 Å². The van der Waals surface area contributed by atoms with Gasteiger partial charge in [0.25, 0.3) is 0 Å². The Kier molecular flexibility index (Phi) is 4.59. The number of methoxy groups -OCH3 is 1. The van der Waals surface area contributed by atoms with Crippen LogP contribution < -0.4 is 0 Å². The van der Waals surface area contributed by atoms with Crippen LogP contribution in [0.4, 0.5) is 0 Å². The third-order valence-corrected chi connectivity index (χ3v) is 2.96. The monoisotopic (exact) mass is 213 g/mol. The predicted molar refractivity (Wildman–Crippen MR) is 56.2 cm³/mol. The van der Waals surface area contributed by atoms with Crippen LogP contribution >= 0.6 is 0 Å². The lowest BCUT2D eigenvalue weighted by Crippen LogP contribution is -2.33. The first-order valence-corrected chi connectivity index (χ1v) is 5.47. The molecule has 0 N–H and O–H groups in total. The maximum atomic E-state index is 11.8. The molecule has 4 heteroatoms. The molecule has 0 aromatic rings. The molecule has 0 heterocycles. The number of hydrogen-bond donors (Lipinski definition) is 0. The summed E-state index contributed by atoms with van der Waals surface area (Å²) >= 11 is 0. The van der Waals surface area contributed by atoms with Crippen molar-refractivity contribution in [1.29, 1.82) is 0 Å². The van der Waals surface area contributed by atoms with E-state index in [9.17, 15) is 9.59 Å². The van der Waals surface area contributed by atoms with Gasteiger partial charge in [0, 0.05) is 19.5 Å². The zero-order valence-corrected chi connectivity index (χ0v) is 9.49. The average Bonchev–Trinajstić information content (AvgIpc) is 2.77. The van der Waals surface area contributed by atoms with Crippen molar-refractivity contribution < 1.29 is 14.3 Å². The lowest BCUT2D eigenvalue weighted by atomic mass is 10.1. The van der Waals surface area contributed by atoms with Gasteiger partial charge in [-0.1, -0.05) is 12.8 Å². The van der Waals surface area contributed by atoms with Crippen molar-refractivity contribution in [2.45, 2.75) is 32.1 Å². The van der Waals surface area contributed by atoms with Gasteiger partial charge in [0.1, 0.15) is 0 Å². The molecular formula is C11H19NO3. The molecular weight excluding hydrogens is 194 g/mol.